The van der Waals surface area contributed by atoms with Crippen LogP contribution < -0.4 is 20.1 Å². The molecule has 0 unspecified atom stereocenters. The third-order valence-electron chi connectivity index (χ3n) is 3.44. The number of ether oxygens (including phenoxy) is 2. The number of benzene rings is 1. The maximum atomic E-state index is 5.39. The minimum Gasteiger partial charge on any atom is -0.454 e. The van der Waals surface area contributed by atoms with E-state index in [9.17, 15) is 0 Å². The molecule has 1 heterocycles. The van der Waals surface area contributed by atoms with E-state index in [1.807, 2.05) is 12.1 Å². The summed E-state index contributed by atoms with van der Waals surface area (Å²) in [4.78, 5) is 4.22. The lowest BCUT2D eigenvalue weighted by Gasteiger charge is -2.11. The Kier molecular flexibility index (Phi) is 6.19. The molecular formula is C16H25N3O2. The normalized spacial score (nSPS) is 13.3. The highest BCUT2D eigenvalue weighted by molar-refractivity contribution is 5.79. The first-order chi connectivity index (χ1) is 10.3. The standard InChI is InChI=1S/C16H25N3O2/c1-3-4-5-9-18-16(17-2)19-10-8-13-6-7-14-15(11-13)21-12-20-14/h6-7,11H,3-5,8-10,12H2,1-2H3,(H2,17,18,19). The van der Waals surface area contributed by atoms with Crippen molar-refractivity contribution in [1.82, 2.24) is 10.6 Å². The Morgan fingerprint density at radius 1 is 1.14 bits per heavy atom. The van der Waals surface area contributed by atoms with Gasteiger partial charge in [0.25, 0.3) is 0 Å². The number of unbranched alkanes of at least 4 members (excludes halogenated alkanes) is 2. The van der Waals surface area contributed by atoms with E-state index in [-0.39, 0.29) is 0 Å². The van der Waals surface area contributed by atoms with Crippen molar-refractivity contribution in [3.8, 4) is 11.5 Å². The highest BCUT2D eigenvalue weighted by Gasteiger charge is 2.12. The number of guanidine groups is 1. The molecule has 0 aromatic heterocycles. The molecule has 0 atom stereocenters. The molecule has 0 radical (unpaired) electrons. The maximum Gasteiger partial charge on any atom is 0.231 e. The van der Waals surface area contributed by atoms with E-state index in [0.29, 0.717) is 6.79 Å². The van der Waals surface area contributed by atoms with E-state index in [2.05, 4.69) is 28.6 Å². The lowest BCUT2D eigenvalue weighted by atomic mass is 10.1. The Hall–Kier alpha value is -1.91. The van der Waals surface area contributed by atoms with Crippen molar-refractivity contribution < 1.29 is 9.47 Å². The smallest absolute Gasteiger partial charge is 0.231 e. The van der Waals surface area contributed by atoms with Crippen LogP contribution in [0.15, 0.2) is 23.2 Å². The Morgan fingerprint density at radius 2 is 1.95 bits per heavy atom. The SMILES string of the molecule is CCCCCNC(=NC)NCCc1ccc2c(c1)OCO2. The summed E-state index contributed by atoms with van der Waals surface area (Å²) in [6, 6.07) is 6.09. The number of fused-ring (bicyclic) bond motifs is 1. The van der Waals surface area contributed by atoms with Crippen LogP contribution in [0.1, 0.15) is 31.7 Å². The van der Waals surface area contributed by atoms with Crippen molar-refractivity contribution in [2.75, 3.05) is 26.9 Å². The number of nitrogens with zero attached hydrogens (tertiary/aromatic N) is 1. The van der Waals surface area contributed by atoms with Crippen LogP contribution in [0.25, 0.3) is 0 Å². The van der Waals surface area contributed by atoms with Crippen LogP contribution in [0.3, 0.4) is 0 Å². The molecular weight excluding hydrogens is 266 g/mol. The first kappa shape index (κ1) is 15.5. The fourth-order valence-corrected chi connectivity index (χ4v) is 2.22. The van der Waals surface area contributed by atoms with Crippen molar-refractivity contribution in [2.24, 2.45) is 4.99 Å². The molecule has 1 aromatic carbocycles. The summed E-state index contributed by atoms with van der Waals surface area (Å²) >= 11 is 0. The van der Waals surface area contributed by atoms with Crippen molar-refractivity contribution >= 4 is 5.96 Å². The van der Waals surface area contributed by atoms with Gasteiger partial charge in [-0.2, -0.15) is 0 Å². The van der Waals surface area contributed by atoms with Gasteiger partial charge in [0.1, 0.15) is 0 Å². The summed E-state index contributed by atoms with van der Waals surface area (Å²) < 4.78 is 10.7. The highest BCUT2D eigenvalue weighted by atomic mass is 16.7. The van der Waals surface area contributed by atoms with E-state index < -0.39 is 0 Å². The minimum atomic E-state index is 0.325. The molecule has 1 aliphatic rings. The average molecular weight is 291 g/mol. The Morgan fingerprint density at radius 3 is 2.76 bits per heavy atom. The number of hydrogen-bond donors (Lipinski definition) is 2. The molecule has 5 heteroatoms. The van der Waals surface area contributed by atoms with Crippen LogP contribution in [0.2, 0.25) is 0 Å². The van der Waals surface area contributed by atoms with Crippen LogP contribution in [0.5, 0.6) is 11.5 Å². The zero-order chi connectivity index (χ0) is 14.9. The van der Waals surface area contributed by atoms with Gasteiger partial charge in [0.05, 0.1) is 0 Å². The summed E-state index contributed by atoms with van der Waals surface area (Å²) in [6.07, 6.45) is 4.59. The molecule has 0 saturated heterocycles. The molecule has 0 aliphatic carbocycles. The van der Waals surface area contributed by atoms with Gasteiger partial charge < -0.3 is 20.1 Å². The topological polar surface area (TPSA) is 54.9 Å². The van der Waals surface area contributed by atoms with Crippen molar-refractivity contribution in [2.45, 2.75) is 32.6 Å². The second-order valence-corrected chi connectivity index (χ2v) is 5.07. The van der Waals surface area contributed by atoms with Gasteiger partial charge in [-0.05, 0) is 30.5 Å². The molecule has 1 aliphatic heterocycles. The quantitative estimate of drug-likeness (QED) is 0.460. The van der Waals surface area contributed by atoms with Gasteiger partial charge >= 0.3 is 0 Å². The Balaban J connectivity index is 1.70. The monoisotopic (exact) mass is 291 g/mol. The largest absolute Gasteiger partial charge is 0.454 e. The van der Waals surface area contributed by atoms with Gasteiger partial charge in [0, 0.05) is 20.1 Å². The molecule has 5 nitrogen and oxygen atoms in total. The lowest BCUT2D eigenvalue weighted by molar-refractivity contribution is 0.174. The second-order valence-electron chi connectivity index (χ2n) is 5.07. The fourth-order valence-electron chi connectivity index (χ4n) is 2.22. The molecule has 1 aromatic rings. The van der Waals surface area contributed by atoms with Crippen molar-refractivity contribution in [3.05, 3.63) is 23.8 Å². The van der Waals surface area contributed by atoms with E-state index in [1.54, 1.807) is 7.05 Å². The third kappa shape index (κ3) is 4.85. The van der Waals surface area contributed by atoms with E-state index >= 15 is 0 Å². The van der Waals surface area contributed by atoms with Gasteiger partial charge in [-0.1, -0.05) is 25.8 Å². The first-order valence-electron chi connectivity index (χ1n) is 7.66. The van der Waals surface area contributed by atoms with E-state index in [1.165, 1.54) is 24.8 Å². The van der Waals surface area contributed by atoms with Gasteiger partial charge in [-0.3, -0.25) is 4.99 Å². The second kappa shape index (κ2) is 8.39. The van der Waals surface area contributed by atoms with Gasteiger partial charge in [0.2, 0.25) is 6.79 Å². The molecule has 116 valence electrons. The minimum absolute atomic E-state index is 0.325. The van der Waals surface area contributed by atoms with Crippen molar-refractivity contribution in [3.63, 3.8) is 0 Å². The number of rotatable bonds is 7. The van der Waals surface area contributed by atoms with E-state index in [4.69, 9.17) is 9.47 Å². The number of hydrogen-bond acceptors (Lipinski definition) is 3. The third-order valence-corrected chi connectivity index (χ3v) is 3.44. The molecule has 0 bridgehead atoms. The predicted octanol–water partition coefficient (Wildman–Crippen LogP) is 2.31. The lowest BCUT2D eigenvalue weighted by Crippen LogP contribution is -2.38. The molecule has 0 saturated carbocycles. The first-order valence-corrected chi connectivity index (χ1v) is 7.66. The van der Waals surface area contributed by atoms with Crippen LogP contribution in [-0.4, -0.2) is 32.9 Å². The number of nitrogens with one attached hydrogen (secondary N) is 2. The summed E-state index contributed by atoms with van der Waals surface area (Å²) in [5, 5.41) is 6.66. The molecule has 0 fully saturated rings. The van der Waals surface area contributed by atoms with E-state index in [0.717, 1.165) is 37.0 Å². The number of aliphatic imine (C=N–C) groups is 1. The zero-order valence-electron chi connectivity index (χ0n) is 12.9. The molecule has 2 rings (SSSR count). The summed E-state index contributed by atoms with van der Waals surface area (Å²) in [7, 11) is 1.80. The average Bonchev–Trinajstić information content (AvgIpc) is 2.97. The highest BCUT2D eigenvalue weighted by Crippen LogP contribution is 2.32. The molecule has 2 N–H and O–H groups in total. The zero-order valence-corrected chi connectivity index (χ0v) is 12.9. The van der Waals surface area contributed by atoms with Crippen LogP contribution in [0, 0.1) is 0 Å². The van der Waals surface area contributed by atoms with Gasteiger partial charge in [0.15, 0.2) is 17.5 Å². The summed E-state index contributed by atoms with van der Waals surface area (Å²) in [6.45, 7) is 4.34. The molecule has 21 heavy (non-hydrogen) atoms. The van der Waals surface area contributed by atoms with Gasteiger partial charge in [-0.15, -0.1) is 0 Å². The maximum absolute atomic E-state index is 5.39. The Labute approximate surface area is 126 Å². The van der Waals surface area contributed by atoms with Crippen LogP contribution in [-0.2, 0) is 6.42 Å². The van der Waals surface area contributed by atoms with Crippen LogP contribution in [0.4, 0.5) is 0 Å². The predicted molar refractivity (Wildman–Crippen MR) is 85.2 cm³/mol. The van der Waals surface area contributed by atoms with Crippen molar-refractivity contribution in [1.29, 1.82) is 0 Å². The van der Waals surface area contributed by atoms with Gasteiger partial charge in [-0.25, -0.2) is 0 Å². The Bertz CT molecular complexity index is 475. The summed E-state index contributed by atoms with van der Waals surface area (Å²) in [5.41, 5.74) is 1.23. The van der Waals surface area contributed by atoms with Crippen LogP contribution >= 0.6 is 0 Å². The molecule has 0 spiro atoms. The summed E-state index contributed by atoms with van der Waals surface area (Å²) in [5.74, 6) is 2.54. The fraction of sp³-hybridized carbons (Fsp3) is 0.562. The molecule has 0 amide bonds.